The number of benzene rings is 2. The zero-order valence-corrected chi connectivity index (χ0v) is 15.6. The molecule has 1 N–H and O–H groups in total. The van der Waals surface area contributed by atoms with Gasteiger partial charge in [-0.2, -0.15) is 8.78 Å². The number of nitro groups is 1. The molecule has 154 valence electrons. The average Bonchev–Trinajstić information content (AvgIpc) is 2.66. The highest BCUT2D eigenvalue weighted by atomic mass is 32.2. The van der Waals surface area contributed by atoms with Crippen LogP contribution in [0.15, 0.2) is 47.4 Å². The summed E-state index contributed by atoms with van der Waals surface area (Å²) in [5.74, 6) is -5.46. The van der Waals surface area contributed by atoms with E-state index in [1.807, 2.05) is 0 Å². The molecule has 12 heteroatoms. The van der Waals surface area contributed by atoms with Gasteiger partial charge in [0, 0.05) is 11.8 Å². The number of sulfone groups is 1. The largest absolute Gasteiger partial charge is 0.452 e. The van der Waals surface area contributed by atoms with E-state index in [0.29, 0.717) is 5.56 Å². The highest BCUT2D eigenvalue weighted by Crippen LogP contribution is 2.23. The minimum atomic E-state index is -4.76. The first-order chi connectivity index (χ1) is 13.5. The van der Waals surface area contributed by atoms with E-state index < -0.39 is 49.6 Å². The van der Waals surface area contributed by atoms with Gasteiger partial charge >= 0.3 is 11.7 Å². The van der Waals surface area contributed by atoms with Crippen molar-refractivity contribution in [3.63, 3.8) is 0 Å². The summed E-state index contributed by atoms with van der Waals surface area (Å²) in [5, 5.41) is 13.3. The van der Waals surface area contributed by atoms with Crippen molar-refractivity contribution < 1.29 is 36.4 Å². The van der Waals surface area contributed by atoms with Gasteiger partial charge in [0.1, 0.15) is 5.56 Å². The van der Waals surface area contributed by atoms with Crippen LogP contribution < -0.4 is 5.32 Å². The van der Waals surface area contributed by atoms with Crippen molar-refractivity contribution in [3.05, 3.63) is 63.7 Å². The Kier molecular flexibility index (Phi) is 6.59. The van der Waals surface area contributed by atoms with Crippen LogP contribution in [0.4, 0.5) is 20.2 Å². The maximum absolute atomic E-state index is 12.5. The van der Waals surface area contributed by atoms with Gasteiger partial charge < -0.3 is 10.1 Å². The van der Waals surface area contributed by atoms with Crippen molar-refractivity contribution in [2.45, 2.75) is 17.6 Å². The number of carbonyl (C=O) groups excluding carboxylic acids is 2. The number of amides is 1. The third-order valence-electron chi connectivity index (χ3n) is 3.69. The first-order valence-corrected chi connectivity index (χ1v) is 9.41. The number of halogens is 2. The SMILES string of the molecule is Cc1cccc([N+](=O)[O-])c1C(=O)OCC(=O)Nc1ccc(S(=O)(=O)C(F)F)cc1. The number of hydrogen-bond donors (Lipinski definition) is 1. The van der Waals surface area contributed by atoms with Crippen LogP contribution in [0, 0.1) is 17.0 Å². The molecule has 2 rings (SSSR count). The molecule has 0 spiro atoms. The van der Waals surface area contributed by atoms with Crippen molar-refractivity contribution in [2.75, 3.05) is 11.9 Å². The molecule has 29 heavy (non-hydrogen) atoms. The number of esters is 1. The summed E-state index contributed by atoms with van der Waals surface area (Å²) in [6, 6.07) is 7.94. The van der Waals surface area contributed by atoms with Crippen LogP contribution in [0.3, 0.4) is 0 Å². The number of ether oxygens (including phenoxy) is 1. The Morgan fingerprint density at radius 1 is 1.17 bits per heavy atom. The van der Waals surface area contributed by atoms with Crippen molar-refractivity contribution >= 4 is 33.1 Å². The predicted octanol–water partition coefficient (Wildman–Crippen LogP) is 2.70. The summed E-state index contributed by atoms with van der Waals surface area (Å²) in [7, 11) is -4.76. The number of nitro benzene ring substituents is 1. The first-order valence-electron chi connectivity index (χ1n) is 7.87. The molecule has 0 atom stereocenters. The van der Waals surface area contributed by atoms with Crippen molar-refractivity contribution in [1.82, 2.24) is 0 Å². The Morgan fingerprint density at radius 3 is 2.34 bits per heavy atom. The fraction of sp³-hybridized carbons (Fsp3) is 0.176. The van der Waals surface area contributed by atoms with Gasteiger partial charge in [0.2, 0.25) is 9.84 Å². The summed E-state index contributed by atoms with van der Waals surface area (Å²) in [6.45, 7) is 0.695. The maximum atomic E-state index is 12.5. The van der Waals surface area contributed by atoms with Gasteiger partial charge in [-0.3, -0.25) is 14.9 Å². The second-order valence-electron chi connectivity index (χ2n) is 5.68. The highest BCUT2D eigenvalue weighted by Gasteiger charge is 2.26. The quantitative estimate of drug-likeness (QED) is 0.407. The molecule has 9 nitrogen and oxygen atoms in total. The zero-order chi connectivity index (χ0) is 21.8. The van der Waals surface area contributed by atoms with E-state index in [1.54, 1.807) is 0 Å². The lowest BCUT2D eigenvalue weighted by molar-refractivity contribution is -0.385. The molecule has 0 aromatic heterocycles. The molecule has 0 saturated heterocycles. The van der Waals surface area contributed by atoms with Crippen LogP contribution >= 0.6 is 0 Å². The summed E-state index contributed by atoms with van der Waals surface area (Å²) in [6.07, 6.45) is 0. The number of nitrogens with one attached hydrogen (secondary N) is 1. The van der Waals surface area contributed by atoms with Gasteiger partial charge in [-0.1, -0.05) is 12.1 Å². The van der Waals surface area contributed by atoms with Crippen LogP contribution in [-0.2, 0) is 19.4 Å². The van der Waals surface area contributed by atoms with Gasteiger partial charge in [0.15, 0.2) is 6.61 Å². The number of hydrogen-bond acceptors (Lipinski definition) is 7. The average molecular weight is 428 g/mol. The van der Waals surface area contributed by atoms with E-state index in [4.69, 9.17) is 4.74 Å². The Balaban J connectivity index is 2.02. The molecule has 0 bridgehead atoms. The molecule has 0 heterocycles. The number of aryl methyl sites for hydroxylation is 1. The normalized spacial score (nSPS) is 11.2. The van der Waals surface area contributed by atoms with Crippen LogP contribution in [0.2, 0.25) is 0 Å². The molecule has 0 aliphatic carbocycles. The molecule has 0 aliphatic heterocycles. The van der Waals surface area contributed by atoms with Crippen LogP contribution in [0.1, 0.15) is 15.9 Å². The lowest BCUT2D eigenvalue weighted by atomic mass is 10.1. The maximum Gasteiger partial charge on any atom is 0.345 e. The van der Waals surface area contributed by atoms with Gasteiger partial charge in [0.25, 0.3) is 11.6 Å². The van der Waals surface area contributed by atoms with E-state index in [0.717, 1.165) is 30.3 Å². The van der Waals surface area contributed by atoms with Crippen molar-refractivity contribution in [3.8, 4) is 0 Å². The molecule has 2 aromatic rings. The monoisotopic (exact) mass is 428 g/mol. The number of anilines is 1. The topological polar surface area (TPSA) is 133 Å². The molecule has 1 amide bonds. The number of alkyl halides is 2. The van der Waals surface area contributed by atoms with E-state index in [-0.39, 0.29) is 11.3 Å². The first kappa shape index (κ1) is 21.9. The standard InChI is InChI=1S/C17H14F2N2O7S/c1-10-3-2-4-13(21(24)25)15(10)16(23)28-9-14(22)20-11-5-7-12(8-6-11)29(26,27)17(18)19/h2-8,17H,9H2,1H3,(H,20,22). The van der Waals surface area contributed by atoms with Crippen molar-refractivity contribution in [2.24, 2.45) is 0 Å². The molecule has 0 saturated carbocycles. The Morgan fingerprint density at radius 2 is 1.79 bits per heavy atom. The van der Waals surface area contributed by atoms with Crippen LogP contribution in [-0.4, -0.2) is 37.6 Å². The summed E-state index contributed by atoms with van der Waals surface area (Å²) in [5.41, 5.74) is -0.389. The van der Waals surface area contributed by atoms with E-state index in [9.17, 15) is 36.9 Å². The van der Waals surface area contributed by atoms with E-state index in [1.165, 1.54) is 19.1 Å². The van der Waals surface area contributed by atoms with Gasteiger partial charge in [-0.05, 0) is 36.8 Å². The second kappa shape index (κ2) is 8.73. The van der Waals surface area contributed by atoms with Crippen molar-refractivity contribution in [1.29, 1.82) is 0 Å². The highest BCUT2D eigenvalue weighted by molar-refractivity contribution is 7.91. The summed E-state index contributed by atoms with van der Waals surface area (Å²) in [4.78, 5) is 33.7. The third-order valence-corrected chi connectivity index (χ3v) is 5.09. The molecular weight excluding hydrogens is 414 g/mol. The van der Waals surface area contributed by atoms with Gasteiger partial charge in [0.05, 0.1) is 9.82 Å². The van der Waals surface area contributed by atoms with E-state index >= 15 is 0 Å². The van der Waals surface area contributed by atoms with Gasteiger partial charge in [-0.15, -0.1) is 0 Å². The Hall–Kier alpha value is -3.41. The number of nitrogens with zero attached hydrogens (tertiary/aromatic N) is 1. The molecule has 0 fully saturated rings. The lowest BCUT2D eigenvalue weighted by Crippen LogP contribution is -2.21. The Labute approximate surface area is 163 Å². The molecule has 2 aromatic carbocycles. The second-order valence-corrected chi connectivity index (χ2v) is 7.60. The fourth-order valence-corrected chi connectivity index (χ4v) is 3.02. The van der Waals surface area contributed by atoms with Crippen LogP contribution in [0.5, 0.6) is 0 Å². The minimum Gasteiger partial charge on any atom is -0.452 e. The van der Waals surface area contributed by atoms with Gasteiger partial charge in [-0.25, -0.2) is 13.2 Å². The third kappa shape index (κ3) is 5.10. The lowest BCUT2D eigenvalue weighted by Gasteiger charge is -2.09. The van der Waals surface area contributed by atoms with Crippen LogP contribution in [0.25, 0.3) is 0 Å². The Bertz CT molecular complexity index is 1050. The molecular formula is C17H14F2N2O7S. The number of carbonyl (C=O) groups is 2. The number of rotatable bonds is 7. The predicted molar refractivity (Wildman–Crippen MR) is 96.4 cm³/mol. The smallest absolute Gasteiger partial charge is 0.345 e. The zero-order valence-electron chi connectivity index (χ0n) is 14.8. The summed E-state index contributed by atoms with van der Waals surface area (Å²) < 4.78 is 52.4. The molecule has 0 radical (unpaired) electrons. The summed E-state index contributed by atoms with van der Waals surface area (Å²) >= 11 is 0. The molecule has 0 aliphatic rings. The molecule has 0 unspecified atom stereocenters. The fourth-order valence-electron chi connectivity index (χ4n) is 2.30. The van der Waals surface area contributed by atoms with E-state index in [2.05, 4.69) is 5.32 Å². The minimum absolute atomic E-state index is 0.0705.